The van der Waals surface area contributed by atoms with Gasteiger partial charge in [0.2, 0.25) is 0 Å². The lowest BCUT2D eigenvalue weighted by atomic mass is 9.87. The number of fused-ring (bicyclic) bond motifs is 2. The fraction of sp³-hybridized carbons (Fsp3) is 0.154. The number of halogens is 1. The summed E-state index contributed by atoms with van der Waals surface area (Å²) < 4.78 is 0.986. The van der Waals surface area contributed by atoms with Crippen LogP contribution >= 0.6 is 15.9 Å². The molecule has 4 heteroatoms. The molecule has 1 atom stereocenters. The zero-order valence-electron chi connectivity index (χ0n) is 16.4. The standard InChI is InChI=1S/C26H21BrN2O/c27-19-10-5-9-18(15-19)25-16-22(21-12-3-4-13-24(21)28-25)26(30)29-23-14-6-8-17-7-1-2-11-20(17)23/h1-5,7,9-13,15-16,23H,6,8,14H2,(H,29,30)/t23-/m1/s1. The summed E-state index contributed by atoms with van der Waals surface area (Å²) in [5.41, 5.74) is 5.84. The number of hydrogen-bond donors (Lipinski definition) is 1. The summed E-state index contributed by atoms with van der Waals surface area (Å²) in [5, 5.41) is 4.17. The molecule has 0 fully saturated rings. The van der Waals surface area contributed by atoms with Crippen LogP contribution in [-0.4, -0.2) is 10.9 Å². The van der Waals surface area contributed by atoms with Crippen LogP contribution in [0.25, 0.3) is 22.2 Å². The maximum Gasteiger partial charge on any atom is 0.252 e. The maximum absolute atomic E-state index is 13.4. The van der Waals surface area contributed by atoms with Crippen LogP contribution < -0.4 is 5.32 Å². The van der Waals surface area contributed by atoms with Gasteiger partial charge in [-0.3, -0.25) is 4.79 Å². The highest BCUT2D eigenvalue weighted by molar-refractivity contribution is 9.10. The number of carbonyl (C=O) groups is 1. The van der Waals surface area contributed by atoms with Gasteiger partial charge in [0.05, 0.1) is 22.8 Å². The van der Waals surface area contributed by atoms with Crippen LogP contribution in [0, 0.1) is 0 Å². The van der Waals surface area contributed by atoms with Gasteiger partial charge in [-0.05, 0) is 54.7 Å². The summed E-state index contributed by atoms with van der Waals surface area (Å²) in [5.74, 6) is -0.0495. The van der Waals surface area contributed by atoms with Crippen molar-refractivity contribution in [2.45, 2.75) is 25.3 Å². The van der Waals surface area contributed by atoms with E-state index in [0.29, 0.717) is 5.56 Å². The minimum atomic E-state index is -0.0495. The molecule has 1 aliphatic carbocycles. The molecule has 0 unspecified atom stereocenters. The van der Waals surface area contributed by atoms with E-state index in [1.807, 2.05) is 54.6 Å². The van der Waals surface area contributed by atoms with Crippen molar-refractivity contribution < 1.29 is 4.79 Å². The Bertz CT molecular complexity index is 1250. The van der Waals surface area contributed by atoms with Gasteiger partial charge < -0.3 is 5.32 Å². The second-order valence-corrected chi connectivity index (χ2v) is 8.62. The van der Waals surface area contributed by atoms with Crippen molar-refractivity contribution in [1.82, 2.24) is 10.3 Å². The number of aromatic nitrogens is 1. The number of nitrogens with zero attached hydrogens (tertiary/aromatic N) is 1. The van der Waals surface area contributed by atoms with Gasteiger partial charge in [0.25, 0.3) is 5.91 Å². The van der Waals surface area contributed by atoms with Crippen molar-refractivity contribution in [3.05, 3.63) is 100 Å². The molecule has 4 aromatic rings. The number of hydrogen-bond acceptors (Lipinski definition) is 2. The molecule has 0 spiro atoms. The molecule has 1 N–H and O–H groups in total. The zero-order valence-corrected chi connectivity index (χ0v) is 18.0. The molecule has 148 valence electrons. The molecule has 3 aromatic carbocycles. The van der Waals surface area contributed by atoms with Crippen molar-refractivity contribution in [1.29, 1.82) is 0 Å². The van der Waals surface area contributed by atoms with Crippen LogP contribution in [0.5, 0.6) is 0 Å². The van der Waals surface area contributed by atoms with Crippen LogP contribution in [0.3, 0.4) is 0 Å². The third-order valence-electron chi connectivity index (χ3n) is 5.76. The SMILES string of the molecule is O=C(N[C@@H]1CCCc2ccccc21)c1cc(-c2cccc(Br)c2)nc2ccccc12. The van der Waals surface area contributed by atoms with Gasteiger partial charge in [-0.1, -0.05) is 70.5 Å². The Morgan fingerprint density at radius 2 is 1.80 bits per heavy atom. The normalized spacial score (nSPS) is 15.6. The molecule has 1 aromatic heterocycles. The van der Waals surface area contributed by atoms with Crippen molar-refractivity contribution in [3.63, 3.8) is 0 Å². The Hall–Kier alpha value is -2.98. The van der Waals surface area contributed by atoms with E-state index in [-0.39, 0.29) is 11.9 Å². The van der Waals surface area contributed by atoms with Crippen LogP contribution in [0.4, 0.5) is 0 Å². The first-order chi connectivity index (χ1) is 14.7. The molecule has 5 rings (SSSR count). The van der Waals surface area contributed by atoms with E-state index >= 15 is 0 Å². The highest BCUT2D eigenvalue weighted by atomic mass is 79.9. The van der Waals surface area contributed by atoms with Gasteiger partial charge in [0.15, 0.2) is 0 Å². The first-order valence-corrected chi connectivity index (χ1v) is 11.0. The second kappa shape index (κ2) is 8.04. The van der Waals surface area contributed by atoms with Gasteiger partial charge in [-0.15, -0.1) is 0 Å². The van der Waals surface area contributed by atoms with E-state index in [2.05, 4.69) is 45.5 Å². The van der Waals surface area contributed by atoms with E-state index in [1.54, 1.807) is 0 Å². The number of para-hydroxylation sites is 1. The summed E-state index contributed by atoms with van der Waals surface area (Å²) in [6.45, 7) is 0. The first-order valence-electron chi connectivity index (χ1n) is 10.2. The molecule has 1 heterocycles. The fourth-order valence-electron chi connectivity index (χ4n) is 4.30. The highest BCUT2D eigenvalue weighted by Crippen LogP contribution is 2.31. The first kappa shape index (κ1) is 19.0. The predicted octanol–water partition coefficient (Wildman–Crippen LogP) is 6.47. The zero-order chi connectivity index (χ0) is 20.5. The van der Waals surface area contributed by atoms with Gasteiger partial charge in [0, 0.05) is 15.4 Å². The van der Waals surface area contributed by atoms with E-state index in [0.717, 1.165) is 45.9 Å². The van der Waals surface area contributed by atoms with Crippen molar-refractivity contribution in [2.24, 2.45) is 0 Å². The largest absolute Gasteiger partial charge is 0.345 e. The smallest absolute Gasteiger partial charge is 0.252 e. The molecule has 3 nitrogen and oxygen atoms in total. The molecule has 0 bridgehead atoms. The fourth-order valence-corrected chi connectivity index (χ4v) is 4.70. The summed E-state index contributed by atoms with van der Waals surface area (Å²) in [4.78, 5) is 18.3. The number of nitrogens with one attached hydrogen (secondary N) is 1. The molecular weight excluding hydrogens is 436 g/mol. The van der Waals surface area contributed by atoms with Crippen molar-refractivity contribution in [3.8, 4) is 11.3 Å². The molecule has 1 amide bonds. The van der Waals surface area contributed by atoms with E-state index < -0.39 is 0 Å². The number of aryl methyl sites for hydroxylation is 1. The van der Waals surface area contributed by atoms with E-state index in [4.69, 9.17) is 4.98 Å². The van der Waals surface area contributed by atoms with Crippen molar-refractivity contribution in [2.75, 3.05) is 0 Å². The number of benzene rings is 3. The monoisotopic (exact) mass is 456 g/mol. The number of rotatable bonds is 3. The lowest BCUT2D eigenvalue weighted by Gasteiger charge is -2.26. The third-order valence-corrected chi connectivity index (χ3v) is 6.25. The Morgan fingerprint density at radius 1 is 0.967 bits per heavy atom. The lowest BCUT2D eigenvalue weighted by molar-refractivity contribution is 0.0934. The van der Waals surface area contributed by atoms with E-state index in [1.165, 1.54) is 11.1 Å². The van der Waals surface area contributed by atoms with E-state index in [9.17, 15) is 4.79 Å². The average molecular weight is 457 g/mol. The molecule has 0 radical (unpaired) electrons. The van der Waals surface area contributed by atoms with Crippen LogP contribution in [-0.2, 0) is 6.42 Å². The summed E-state index contributed by atoms with van der Waals surface area (Å²) in [6.07, 6.45) is 3.13. The van der Waals surface area contributed by atoms with Gasteiger partial charge in [-0.2, -0.15) is 0 Å². The summed E-state index contributed by atoms with van der Waals surface area (Å²) in [6, 6.07) is 26.2. The minimum Gasteiger partial charge on any atom is -0.345 e. The molecule has 0 saturated carbocycles. The molecular formula is C26H21BrN2O. The van der Waals surface area contributed by atoms with Crippen molar-refractivity contribution >= 4 is 32.7 Å². The second-order valence-electron chi connectivity index (χ2n) is 7.70. The number of carbonyl (C=O) groups excluding carboxylic acids is 1. The topological polar surface area (TPSA) is 42.0 Å². The number of amides is 1. The molecule has 0 aliphatic heterocycles. The minimum absolute atomic E-state index is 0.0451. The number of pyridine rings is 1. The maximum atomic E-state index is 13.4. The summed E-state index contributed by atoms with van der Waals surface area (Å²) in [7, 11) is 0. The summed E-state index contributed by atoms with van der Waals surface area (Å²) >= 11 is 3.53. The molecule has 30 heavy (non-hydrogen) atoms. The van der Waals surface area contributed by atoms with Crippen LogP contribution in [0.1, 0.15) is 40.4 Å². The lowest BCUT2D eigenvalue weighted by Crippen LogP contribution is -2.31. The quantitative estimate of drug-likeness (QED) is 0.383. The Kier molecular flexibility index (Phi) is 5.09. The van der Waals surface area contributed by atoms with Gasteiger partial charge in [0.1, 0.15) is 0 Å². The Morgan fingerprint density at radius 3 is 2.70 bits per heavy atom. The Balaban J connectivity index is 1.56. The van der Waals surface area contributed by atoms with Gasteiger partial charge in [-0.25, -0.2) is 4.98 Å². The molecule has 1 aliphatic rings. The van der Waals surface area contributed by atoms with Gasteiger partial charge >= 0.3 is 0 Å². The average Bonchev–Trinajstić information content (AvgIpc) is 2.78. The highest BCUT2D eigenvalue weighted by Gasteiger charge is 2.23. The predicted molar refractivity (Wildman–Crippen MR) is 124 cm³/mol. The van der Waals surface area contributed by atoms with Crippen LogP contribution in [0.2, 0.25) is 0 Å². The Labute approximate surface area is 184 Å². The van der Waals surface area contributed by atoms with Crippen LogP contribution in [0.15, 0.2) is 83.3 Å². The third kappa shape index (κ3) is 3.63. The molecule has 0 saturated heterocycles.